The molecule has 0 saturated carbocycles. The van der Waals surface area contributed by atoms with Crippen molar-refractivity contribution in [3.05, 3.63) is 0 Å². The second kappa shape index (κ2) is 4.58. The van der Waals surface area contributed by atoms with Crippen molar-refractivity contribution in [2.75, 3.05) is 6.61 Å². The van der Waals surface area contributed by atoms with E-state index in [1.165, 1.54) is 13.8 Å². The first kappa shape index (κ1) is 12.4. The zero-order valence-electron chi connectivity index (χ0n) is 8.57. The quantitative estimate of drug-likeness (QED) is 0.626. The lowest BCUT2D eigenvalue weighted by Gasteiger charge is -2.24. The van der Waals surface area contributed by atoms with E-state index in [0.717, 1.165) is 0 Å². The Labute approximate surface area is 78.5 Å². The molecule has 0 heterocycles. The van der Waals surface area contributed by atoms with Gasteiger partial charge in [0, 0.05) is 0 Å². The molecule has 0 bridgehead atoms. The van der Waals surface area contributed by atoms with Crippen LogP contribution in [0, 0.1) is 5.92 Å². The third-order valence-electron chi connectivity index (χ3n) is 1.77. The van der Waals surface area contributed by atoms with Gasteiger partial charge in [-0.3, -0.25) is 0 Å². The summed E-state index contributed by atoms with van der Waals surface area (Å²) in [5.41, 5.74) is -1.81. The van der Waals surface area contributed by atoms with Gasteiger partial charge in [0.05, 0.1) is 12.7 Å². The molecular weight excluding hydrogens is 172 g/mol. The normalized spacial score (nSPS) is 18.1. The number of rotatable bonds is 4. The van der Waals surface area contributed by atoms with Crippen molar-refractivity contribution >= 4 is 5.97 Å². The fourth-order valence-corrected chi connectivity index (χ4v) is 0.559. The van der Waals surface area contributed by atoms with Gasteiger partial charge < -0.3 is 14.9 Å². The third-order valence-corrected chi connectivity index (χ3v) is 1.77. The van der Waals surface area contributed by atoms with Crippen LogP contribution in [0.15, 0.2) is 0 Å². The number of aliphatic hydroxyl groups excluding tert-OH is 1. The fraction of sp³-hybridized carbons (Fsp3) is 0.889. The maximum absolute atomic E-state index is 11.2. The van der Waals surface area contributed by atoms with Gasteiger partial charge in [-0.1, -0.05) is 13.8 Å². The largest absolute Gasteiger partial charge is 0.463 e. The lowest BCUT2D eigenvalue weighted by atomic mass is 10.0. The standard InChI is InChI=1S/C9H18O4/c1-6(2)5-13-8(11)9(4,12)7(3)10/h6-7,10,12H,5H2,1-4H3/t7-,9-/m1/s1. The molecule has 0 amide bonds. The van der Waals surface area contributed by atoms with E-state index < -0.39 is 17.7 Å². The summed E-state index contributed by atoms with van der Waals surface area (Å²) in [6.07, 6.45) is -1.13. The van der Waals surface area contributed by atoms with Gasteiger partial charge in [-0.05, 0) is 19.8 Å². The molecule has 2 atom stereocenters. The molecule has 78 valence electrons. The van der Waals surface area contributed by atoms with E-state index in [-0.39, 0.29) is 12.5 Å². The predicted molar refractivity (Wildman–Crippen MR) is 48.1 cm³/mol. The van der Waals surface area contributed by atoms with Gasteiger partial charge in [-0.15, -0.1) is 0 Å². The molecule has 2 N–H and O–H groups in total. The Hall–Kier alpha value is -0.610. The van der Waals surface area contributed by atoms with Gasteiger partial charge in [0.1, 0.15) is 0 Å². The van der Waals surface area contributed by atoms with Crippen LogP contribution in [0.3, 0.4) is 0 Å². The van der Waals surface area contributed by atoms with Crippen molar-refractivity contribution in [2.45, 2.75) is 39.4 Å². The monoisotopic (exact) mass is 190 g/mol. The number of ether oxygens (including phenoxy) is 1. The Morgan fingerprint density at radius 3 is 2.23 bits per heavy atom. The summed E-state index contributed by atoms with van der Waals surface area (Å²) in [7, 11) is 0. The lowest BCUT2D eigenvalue weighted by Crippen LogP contribution is -2.46. The van der Waals surface area contributed by atoms with Crippen molar-refractivity contribution < 1.29 is 19.7 Å². The van der Waals surface area contributed by atoms with Gasteiger partial charge >= 0.3 is 5.97 Å². The van der Waals surface area contributed by atoms with Crippen molar-refractivity contribution in [2.24, 2.45) is 5.92 Å². The second-order valence-corrected chi connectivity index (χ2v) is 3.82. The number of esters is 1. The van der Waals surface area contributed by atoms with E-state index in [1.54, 1.807) is 0 Å². The van der Waals surface area contributed by atoms with E-state index >= 15 is 0 Å². The Morgan fingerprint density at radius 2 is 1.92 bits per heavy atom. The fourth-order valence-electron chi connectivity index (χ4n) is 0.559. The minimum absolute atomic E-state index is 0.216. The van der Waals surface area contributed by atoms with Crippen LogP contribution >= 0.6 is 0 Å². The van der Waals surface area contributed by atoms with Crippen molar-refractivity contribution in [1.82, 2.24) is 0 Å². The molecular formula is C9H18O4. The topological polar surface area (TPSA) is 66.8 Å². The predicted octanol–water partition coefficient (Wildman–Crippen LogP) is 0.317. The van der Waals surface area contributed by atoms with Crippen molar-refractivity contribution in [1.29, 1.82) is 0 Å². The Kier molecular flexibility index (Phi) is 4.36. The number of carbonyl (C=O) groups is 1. The van der Waals surface area contributed by atoms with E-state index in [4.69, 9.17) is 9.84 Å². The van der Waals surface area contributed by atoms with Crippen LogP contribution in [0.25, 0.3) is 0 Å². The number of carbonyl (C=O) groups excluding carboxylic acids is 1. The second-order valence-electron chi connectivity index (χ2n) is 3.82. The first-order valence-electron chi connectivity index (χ1n) is 4.36. The highest BCUT2D eigenvalue weighted by atomic mass is 16.6. The zero-order valence-corrected chi connectivity index (χ0v) is 8.57. The average Bonchev–Trinajstić information content (AvgIpc) is 1.99. The molecule has 0 spiro atoms. The average molecular weight is 190 g/mol. The van der Waals surface area contributed by atoms with Crippen molar-refractivity contribution in [3.63, 3.8) is 0 Å². The van der Waals surface area contributed by atoms with Crippen LogP contribution in [0.5, 0.6) is 0 Å². The van der Waals surface area contributed by atoms with Gasteiger partial charge in [-0.25, -0.2) is 4.79 Å². The highest BCUT2D eigenvalue weighted by Crippen LogP contribution is 2.12. The minimum Gasteiger partial charge on any atom is -0.463 e. The summed E-state index contributed by atoms with van der Waals surface area (Å²) in [6, 6.07) is 0. The minimum atomic E-state index is -1.81. The van der Waals surface area contributed by atoms with Crippen molar-refractivity contribution in [3.8, 4) is 0 Å². The summed E-state index contributed by atoms with van der Waals surface area (Å²) in [6.45, 7) is 6.62. The Bertz CT molecular complexity index is 172. The van der Waals surface area contributed by atoms with Crippen LogP contribution in [0.2, 0.25) is 0 Å². The smallest absolute Gasteiger partial charge is 0.340 e. The molecule has 0 aliphatic carbocycles. The molecule has 0 aromatic carbocycles. The van der Waals surface area contributed by atoms with Crippen LogP contribution in [-0.2, 0) is 9.53 Å². The number of aliphatic hydroxyl groups is 2. The van der Waals surface area contributed by atoms with E-state index in [9.17, 15) is 9.90 Å². The van der Waals surface area contributed by atoms with E-state index in [1.807, 2.05) is 13.8 Å². The summed E-state index contributed by atoms with van der Waals surface area (Å²) >= 11 is 0. The SMILES string of the molecule is CC(C)COC(=O)[C@](C)(O)[C@@H](C)O. The molecule has 0 rings (SSSR count). The molecule has 0 unspecified atom stereocenters. The van der Waals surface area contributed by atoms with Crippen LogP contribution in [0.1, 0.15) is 27.7 Å². The molecule has 0 aromatic heterocycles. The van der Waals surface area contributed by atoms with E-state index in [0.29, 0.717) is 0 Å². The molecule has 4 nitrogen and oxygen atoms in total. The molecule has 0 radical (unpaired) electrons. The van der Waals surface area contributed by atoms with Crippen LogP contribution in [-0.4, -0.2) is 34.5 Å². The molecule has 0 fully saturated rings. The Balaban J connectivity index is 4.10. The van der Waals surface area contributed by atoms with Crippen LogP contribution < -0.4 is 0 Å². The number of hydrogen-bond donors (Lipinski definition) is 2. The summed E-state index contributed by atoms with van der Waals surface area (Å²) in [5.74, 6) is -0.565. The highest BCUT2D eigenvalue weighted by Gasteiger charge is 2.37. The first-order valence-corrected chi connectivity index (χ1v) is 4.36. The van der Waals surface area contributed by atoms with Gasteiger partial charge in [0.2, 0.25) is 0 Å². The van der Waals surface area contributed by atoms with Crippen LogP contribution in [0.4, 0.5) is 0 Å². The maximum atomic E-state index is 11.2. The lowest BCUT2D eigenvalue weighted by molar-refractivity contribution is -0.175. The summed E-state index contributed by atoms with van der Waals surface area (Å²) in [5, 5.41) is 18.5. The summed E-state index contributed by atoms with van der Waals surface area (Å²) < 4.78 is 4.78. The van der Waals surface area contributed by atoms with Gasteiger partial charge in [-0.2, -0.15) is 0 Å². The molecule has 13 heavy (non-hydrogen) atoms. The molecule has 0 aromatic rings. The highest BCUT2D eigenvalue weighted by molar-refractivity contribution is 5.79. The third kappa shape index (κ3) is 3.74. The molecule has 0 saturated heterocycles. The molecule has 0 aliphatic heterocycles. The number of hydrogen-bond acceptors (Lipinski definition) is 4. The van der Waals surface area contributed by atoms with Gasteiger partial charge in [0.25, 0.3) is 0 Å². The maximum Gasteiger partial charge on any atom is 0.340 e. The summed E-state index contributed by atoms with van der Waals surface area (Å²) in [4.78, 5) is 11.2. The zero-order chi connectivity index (χ0) is 10.6. The first-order chi connectivity index (χ1) is 5.78. The van der Waals surface area contributed by atoms with E-state index in [2.05, 4.69) is 0 Å². The molecule has 0 aliphatic rings. The van der Waals surface area contributed by atoms with Gasteiger partial charge in [0.15, 0.2) is 5.60 Å². The molecule has 4 heteroatoms. The Morgan fingerprint density at radius 1 is 1.46 bits per heavy atom.